The molecule has 0 aliphatic carbocycles. The second kappa shape index (κ2) is 6.54. The summed E-state index contributed by atoms with van der Waals surface area (Å²) < 4.78 is 27.0. The monoisotopic (exact) mass is 278 g/mol. The Bertz CT molecular complexity index is 543. The zero-order valence-corrected chi connectivity index (χ0v) is 11.1. The Hall–Kier alpha value is -1.85. The molecule has 106 valence electrons. The predicted molar refractivity (Wildman–Crippen MR) is 72.0 cm³/mol. The summed E-state index contributed by atoms with van der Waals surface area (Å²) in [6, 6.07) is 8.90. The van der Waals surface area contributed by atoms with Crippen LogP contribution >= 0.6 is 0 Å². The van der Waals surface area contributed by atoms with Crippen molar-refractivity contribution >= 4 is 0 Å². The number of rotatable bonds is 5. The molecule has 2 aromatic rings. The lowest BCUT2D eigenvalue weighted by molar-refractivity contribution is 0.161. The summed E-state index contributed by atoms with van der Waals surface area (Å²) in [6.45, 7) is 1.91. The summed E-state index contributed by atoms with van der Waals surface area (Å²) in [5.41, 5.74) is 0.488. The van der Waals surface area contributed by atoms with Crippen molar-refractivity contribution in [1.82, 2.24) is 10.3 Å². The number of aliphatic hydroxyl groups is 1. The van der Waals surface area contributed by atoms with Crippen molar-refractivity contribution < 1.29 is 13.9 Å². The summed E-state index contributed by atoms with van der Waals surface area (Å²) in [7, 11) is 0. The average Bonchev–Trinajstić information content (AvgIpc) is 2.45. The second-order valence-electron chi connectivity index (χ2n) is 4.54. The molecule has 0 aliphatic rings. The normalized spacial score (nSPS) is 14.0. The van der Waals surface area contributed by atoms with E-state index in [2.05, 4.69) is 10.3 Å². The van der Waals surface area contributed by atoms with Crippen LogP contribution in [0.15, 0.2) is 42.6 Å². The second-order valence-corrected chi connectivity index (χ2v) is 4.54. The topological polar surface area (TPSA) is 45.1 Å². The Labute approximate surface area is 116 Å². The van der Waals surface area contributed by atoms with Gasteiger partial charge in [0.15, 0.2) is 0 Å². The number of hydrogen-bond acceptors (Lipinski definition) is 3. The maximum atomic E-state index is 13.5. The van der Waals surface area contributed by atoms with Gasteiger partial charge in [-0.1, -0.05) is 12.1 Å². The molecule has 2 N–H and O–H groups in total. The Kier molecular flexibility index (Phi) is 4.76. The number of pyridine rings is 1. The van der Waals surface area contributed by atoms with Crippen LogP contribution in [-0.4, -0.2) is 16.6 Å². The fourth-order valence-electron chi connectivity index (χ4n) is 1.96. The summed E-state index contributed by atoms with van der Waals surface area (Å²) in [6.07, 6.45) is 0.419. The molecule has 0 fully saturated rings. The molecule has 0 aliphatic heterocycles. The first kappa shape index (κ1) is 14.6. The molecule has 0 saturated heterocycles. The quantitative estimate of drug-likeness (QED) is 0.884. The van der Waals surface area contributed by atoms with Crippen molar-refractivity contribution in [3.8, 4) is 0 Å². The molecule has 0 bridgehead atoms. The molecule has 0 saturated carbocycles. The first-order chi connectivity index (χ1) is 9.59. The summed E-state index contributed by atoms with van der Waals surface area (Å²) in [5, 5.41) is 12.9. The Morgan fingerprint density at radius 2 is 1.85 bits per heavy atom. The minimum absolute atomic E-state index is 0.0373. The van der Waals surface area contributed by atoms with E-state index in [1.807, 2.05) is 19.1 Å². The zero-order chi connectivity index (χ0) is 14.5. The molecule has 0 spiro atoms. The Morgan fingerprint density at radius 1 is 1.15 bits per heavy atom. The van der Waals surface area contributed by atoms with E-state index in [-0.39, 0.29) is 18.2 Å². The lowest BCUT2D eigenvalue weighted by atomic mass is 10.1. The first-order valence-corrected chi connectivity index (χ1v) is 6.36. The number of aromatic nitrogens is 1. The van der Waals surface area contributed by atoms with Crippen LogP contribution in [0.2, 0.25) is 0 Å². The van der Waals surface area contributed by atoms with Crippen molar-refractivity contribution in [1.29, 1.82) is 0 Å². The summed E-state index contributed by atoms with van der Waals surface area (Å²) in [4.78, 5) is 4.17. The minimum Gasteiger partial charge on any atom is -0.387 e. The van der Waals surface area contributed by atoms with Crippen LogP contribution in [0, 0.1) is 11.6 Å². The van der Waals surface area contributed by atoms with Crippen molar-refractivity contribution in [3.05, 3.63) is 65.5 Å². The summed E-state index contributed by atoms with van der Waals surface area (Å²) >= 11 is 0. The third kappa shape index (κ3) is 3.37. The molecular weight excluding hydrogens is 262 g/mol. The third-order valence-corrected chi connectivity index (χ3v) is 3.08. The fourth-order valence-corrected chi connectivity index (χ4v) is 1.96. The van der Waals surface area contributed by atoms with Crippen LogP contribution in [0.3, 0.4) is 0 Å². The molecule has 0 radical (unpaired) electrons. The third-order valence-electron chi connectivity index (χ3n) is 3.08. The van der Waals surface area contributed by atoms with E-state index in [0.717, 1.165) is 17.8 Å². The van der Waals surface area contributed by atoms with Crippen LogP contribution < -0.4 is 5.32 Å². The molecule has 5 heteroatoms. The molecule has 2 rings (SSSR count). The first-order valence-electron chi connectivity index (χ1n) is 6.36. The van der Waals surface area contributed by atoms with Crippen molar-refractivity contribution in [2.75, 3.05) is 6.54 Å². The number of aliphatic hydroxyl groups excluding tert-OH is 1. The van der Waals surface area contributed by atoms with E-state index >= 15 is 0 Å². The van der Waals surface area contributed by atoms with Crippen molar-refractivity contribution in [3.63, 3.8) is 0 Å². The fraction of sp³-hybridized carbons (Fsp3) is 0.267. The molecule has 0 amide bonds. The maximum absolute atomic E-state index is 13.5. The molecule has 3 nitrogen and oxygen atoms in total. The van der Waals surface area contributed by atoms with Gasteiger partial charge < -0.3 is 10.4 Å². The number of hydrogen-bond donors (Lipinski definition) is 2. The highest BCUT2D eigenvalue weighted by atomic mass is 19.1. The maximum Gasteiger partial charge on any atom is 0.131 e. The standard InChI is InChI=1S/C15H16F2N2O/c1-10(13-7-2-3-8-18-13)19-9-14(20)15-11(16)5-4-6-12(15)17/h2-8,10,14,19-20H,9H2,1H3/t10-,14?/m0/s1. The molecule has 1 aromatic carbocycles. The van der Waals surface area contributed by atoms with Crippen LogP contribution in [-0.2, 0) is 0 Å². The van der Waals surface area contributed by atoms with Gasteiger partial charge in [0.25, 0.3) is 0 Å². The van der Waals surface area contributed by atoms with Crippen LogP contribution in [0.25, 0.3) is 0 Å². The van der Waals surface area contributed by atoms with E-state index in [1.54, 1.807) is 12.3 Å². The van der Waals surface area contributed by atoms with Crippen LogP contribution in [0.1, 0.15) is 30.3 Å². The van der Waals surface area contributed by atoms with E-state index in [1.165, 1.54) is 6.07 Å². The number of nitrogens with one attached hydrogen (secondary N) is 1. The predicted octanol–water partition coefficient (Wildman–Crippen LogP) is 2.74. The SMILES string of the molecule is C[C@H](NCC(O)c1c(F)cccc1F)c1ccccn1. The van der Waals surface area contributed by atoms with E-state index in [9.17, 15) is 13.9 Å². The highest BCUT2D eigenvalue weighted by Crippen LogP contribution is 2.20. The van der Waals surface area contributed by atoms with Gasteiger partial charge in [-0.2, -0.15) is 0 Å². The van der Waals surface area contributed by atoms with E-state index in [0.29, 0.717) is 0 Å². The van der Waals surface area contributed by atoms with Gasteiger partial charge in [0.1, 0.15) is 11.6 Å². The summed E-state index contributed by atoms with van der Waals surface area (Å²) in [5.74, 6) is -1.49. The van der Waals surface area contributed by atoms with E-state index < -0.39 is 17.7 Å². The molecular formula is C15H16F2N2O. The van der Waals surface area contributed by atoms with Gasteiger partial charge >= 0.3 is 0 Å². The van der Waals surface area contributed by atoms with Crippen LogP contribution in [0.5, 0.6) is 0 Å². The number of benzene rings is 1. The molecule has 2 atom stereocenters. The number of halogens is 2. The molecule has 1 aromatic heterocycles. The zero-order valence-electron chi connectivity index (χ0n) is 11.1. The lowest BCUT2D eigenvalue weighted by Crippen LogP contribution is -2.26. The van der Waals surface area contributed by atoms with Gasteiger partial charge in [0, 0.05) is 18.8 Å². The van der Waals surface area contributed by atoms with Gasteiger partial charge in [-0.05, 0) is 31.2 Å². The van der Waals surface area contributed by atoms with Crippen molar-refractivity contribution in [2.45, 2.75) is 19.1 Å². The van der Waals surface area contributed by atoms with Crippen LogP contribution in [0.4, 0.5) is 8.78 Å². The molecule has 20 heavy (non-hydrogen) atoms. The van der Waals surface area contributed by atoms with Gasteiger partial charge in [0.2, 0.25) is 0 Å². The highest BCUT2D eigenvalue weighted by molar-refractivity contribution is 5.22. The van der Waals surface area contributed by atoms with Gasteiger partial charge in [-0.3, -0.25) is 4.98 Å². The van der Waals surface area contributed by atoms with Gasteiger partial charge in [0.05, 0.1) is 17.4 Å². The minimum atomic E-state index is -1.25. The highest BCUT2D eigenvalue weighted by Gasteiger charge is 2.18. The van der Waals surface area contributed by atoms with E-state index in [4.69, 9.17) is 0 Å². The smallest absolute Gasteiger partial charge is 0.131 e. The van der Waals surface area contributed by atoms with Crippen molar-refractivity contribution in [2.24, 2.45) is 0 Å². The van der Waals surface area contributed by atoms with Gasteiger partial charge in [-0.25, -0.2) is 8.78 Å². The largest absolute Gasteiger partial charge is 0.387 e. The van der Waals surface area contributed by atoms with Gasteiger partial charge in [-0.15, -0.1) is 0 Å². The average molecular weight is 278 g/mol. The lowest BCUT2D eigenvalue weighted by Gasteiger charge is -2.17. The molecule has 1 heterocycles. The Morgan fingerprint density at radius 3 is 2.45 bits per heavy atom. The molecule has 1 unspecified atom stereocenters. The Balaban J connectivity index is 2.00. The number of nitrogens with zero attached hydrogens (tertiary/aromatic N) is 1.